The number of fused-ring (bicyclic) bond motifs is 2. The fourth-order valence-electron chi connectivity index (χ4n) is 3.64. The first-order valence-corrected chi connectivity index (χ1v) is 8.75. The fourth-order valence-corrected chi connectivity index (χ4v) is 3.64. The van der Waals surface area contributed by atoms with E-state index in [1.165, 1.54) is 12.8 Å². The van der Waals surface area contributed by atoms with Crippen molar-refractivity contribution in [1.29, 1.82) is 0 Å². The number of hydrogen-bond donors (Lipinski definition) is 1. The maximum Gasteiger partial charge on any atom is 0.0633 e. The molecule has 2 rings (SSSR count). The van der Waals surface area contributed by atoms with Crippen LogP contribution in [0.1, 0.15) is 52.4 Å². The number of rotatable bonds is 10. The van der Waals surface area contributed by atoms with Crippen molar-refractivity contribution >= 4 is 0 Å². The molecule has 122 valence electrons. The minimum Gasteiger partial charge on any atom is -0.396 e. The van der Waals surface area contributed by atoms with Crippen molar-refractivity contribution in [2.24, 2.45) is 17.8 Å². The third-order valence-electron chi connectivity index (χ3n) is 4.96. The average molecular weight is 296 g/mol. The van der Waals surface area contributed by atoms with Gasteiger partial charge in [-0.25, -0.2) is 0 Å². The molecule has 0 radical (unpaired) electrons. The molecule has 1 unspecified atom stereocenters. The van der Waals surface area contributed by atoms with Gasteiger partial charge in [0.05, 0.1) is 18.8 Å². The van der Waals surface area contributed by atoms with E-state index in [1.807, 2.05) is 0 Å². The second-order valence-corrected chi connectivity index (χ2v) is 6.77. The summed E-state index contributed by atoms with van der Waals surface area (Å²) < 4.78 is 11.9. The minimum absolute atomic E-state index is 0.297. The zero-order valence-electron chi connectivity index (χ0n) is 13.7. The molecule has 2 aliphatic heterocycles. The summed E-state index contributed by atoms with van der Waals surface area (Å²) in [7, 11) is 0. The summed E-state index contributed by atoms with van der Waals surface area (Å²) in [6.45, 7) is 6.29. The van der Waals surface area contributed by atoms with Crippen LogP contribution in [0.15, 0.2) is 12.2 Å². The Morgan fingerprint density at radius 2 is 2.00 bits per heavy atom. The van der Waals surface area contributed by atoms with Gasteiger partial charge in [-0.05, 0) is 50.4 Å². The van der Waals surface area contributed by atoms with Gasteiger partial charge in [0, 0.05) is 19.1 Å². The van der Waals surface area contributed by atoms with Crippen LogP contribution < -0.4 is 0 Å². The average Bonchev–Trinajstić information content (AvgIpc) is 3.09. The molecule has 2 bridgehead atoms. The van der Waals surface area contributed by atoms with E-state index in [2.05, 4.69) is 26.0 Å². The van der Waals surface area contributed by atoms with Gasteiger partial charge in [-0.1, -0.05) is 26.0 Å². The van der Waals surface area contributed by atoms with Gasteiger partial charge in [0.25, 0.3) is 0 Å². The van der Waals surface area contributed by atoms with Crippen LogP contribution in [0.3, 0.4) is 0 Å². The zero-order chi connectivity index (χ0) is 15.1. The Balaban J connectivity index is 1.73. The molecule has 2 aliphatic rings. The van der Waals surface area contributed by atoms with E-state index >= 15 is 0 Å². The van der Waals surface area contributed by atoms with Gasteiger partial charge in [0.1, 0.15) is 0 Å². The third-order valence-corrected chi connectivity index (χ3v) is 4.96. The molecule has 2 saturated heterocycles. The molecule has 0 saturated carbocycles. The van der Waals surface area contributed by atoms with Gasteiger partial charge in [0.15, 0.2) is 0 Å². The predicted octanol–water partition coefficient (Wildman–Crippen LogP) is 3.56. The highest BCUT2D eigenvalue weighted by Crippen LogP contribution is 2.45. The number of hydrogen-bond acceptors (Lipinski definition) is 3. The van der Waals surface area contributed by atoms with Crippen molar-refractivity contribution in [3.05, 3.63) is 12.2 Å². The van der Waals surface area contributed by atoms with Crippen molar-refractivity contribution < 1.29 is 14.6 Å². The van der Waals surface area contributed by atoms with Gasteiger partial charge < -0.3 is 14.6 Å². The molecule has 0 aromatic carbocycles. The molecule has 0 amide bonds. The quantitative estimate of drug-likeness (QED) is 0.495. The lowest BCUT2D eigenvalue weighted by atomic mass is 9.78. The molecule has 0 aromatic rings. The molecule has 3 nitrogen and oxygen atoms in total. The molecule has 0 aliphatic carbocycles. The van der Waals surface area contributed by atoms with E-state index in [0.29, 0.717) is 36.6 Å². The third kappa shape index (κ3) is 4.80. The highest BCUT2D eigenvalue weighted by Gasteiger charge is 2.47. The first-order chi connectivity index (χ1) is 10.3. The van der Waals surface area contributed by atoms with Crippen molar-refractivity contribution in [1.82, 2.24) is 0 Å². The summed E-state index contributed by atoms with van der Waals surface area (Å²) in [6, 6.07) is 0. The van der Waals surface area contributed by atoms with Crippen molar-refractivity contribution in [3.8, 4) is 0 Å². The number of ether oxygens (including phenoxy) is 2. The molecule has 3 heteroatoms. The lowest BCUT2D eigenvalue weighted by molar-refractivity contribution is 0.0495. The Morgan fingerprint density at radius 3 is 2.71 bits per heavy atom. The fraction of sp³-hybridized carbons (Fsp3) is 0.889. The topological polar surface area (TPSA) is 38.7 Å². The molecule has 21 heavy (non-hydrogen) atoms. The van der Waals surface area contributed by atoms with Gasteiger partial charge in [-0.3, -0.25) is 0 Å². The highest BCUT2D eigenvalue weighted by molar-refractivity contribution is 4.99. The largest absolute Gasteiger partial charge is 0.396 e. The van der Waals surface area contributed by atoms with E-state index in [4.69, 9.17) is 14.6 Å². The molecule has 2 fully saturated rings. The lowest BCUT2D eigenvalue weighted by Gasteiger charge is -2.27. The molecule has 2 heterocycles. The van der Waals surface area contributed by atoms with Crippen molar-refractivity contribution in [2.45, 2.75) is 64.6 Å². The second-order valence-electron chi connectivity index (χ2n) is 6.77. The van der Waals surface area contributed by atoms with Gasteiger partial charge in [-0.2, -0.15) is 0 Å². The van der Waals surface area contributed by atoms with Crippen LogP contribution in [0, 0.1) is 17.8 Å². The normalized spacial score (nSPS) is 33.1. The number of allylic oxidation sites excluding steroid dienone is 2. The maximum absolute atomic E-state index is 9.02. The minimum atomic E-state index is 0.297. The van der Waals surface area contributed by atoms with E-state index in [-0.39, 0.29) is 0 Å². The molecule has 5 atom stereocenters. The van der Waals surface area contributed by atoms with Crippen LogP contribution >= 0.6 is 0 Å². The summed E-state index contributed by atoms with van der Waals surface area (Å²) in [5, 5.41) is 9.02. The van der Waals surface area contributed by atoms with Crippen LogP contribution in [-0.4, -0.2) is 37.1 Å². The van der Waals surface area contributed by atoms with Gasteiger partial charge >= 0.3 is 0 Å². The monoisotopic (exact) mass is 296 g/mol. The smallest absolute Gasteiger partial charge is 0.0633 e. The van der Waals surface area contributed by atoms with Gasteiger partial charge in [0.2, 0.25) is 0 Å². The molecule has 0 aromatic heterocycles. The summed E-state index contributed by atoms with van der Waals surface area (Å²) in [6.07, 6.45) is 12.3. The van der Waals surface area contributed by atoms with E-state index in [1.54, 1.807) is 0 Å². The Bertz CT molecular complexity index is 316. The Kier molecular flexibility index (Phi) is 7.21. The Hall–Kier alpha value is -0.380. The van der Waals surface area contributed by atoms with E-state index in [0.717, 1.165) is 38.9 Å². The SMILES string of the molecule is CCCOC[C@H]1C(C/C=C\CC[C@@H](C)CO)[C@H]2CC[C@@H]1O2. The highest BCUT2D eigenvalue weighted by atomic mass is 16.5. The summed E-state index contributed by atoms with van der Waals surface area (Å²) >= 11 is 0. The number of aliphatic hydroxyl groups is 1. The summed E-state index contributed by atoms with van der Waals surface area (Å²) in [5.41, 5.74) is 0. The number of aliphatic hydroxyl groups excluding tert-OH is 1. The van der Waals surface area contributed by atoms with Crippen LogP contribution in [0.2, 0.25) is 0 Å². The van der Waals surface area contributed by atoms with Crippen molar-refractivity contribution in [2.75, 3.05) is 19.8 Å². The van der Waals surface area contributed by atoms with Crippen LogP contribution in [0.4, 0.5) is 0 Å². The second kappa shape index (κ2) is 8.92. The molecule has 0 spiro atoms. The molecular weight excluding hydrogens is 264 g/mol. The van der Waals surface area contributed by atoms with E-state index < -0.39 is 0 Å². The first kappa shape index (κ1) is 17.0. The van der Waals surface area contributed by atoms with Gasteiger partial charge in [-0.15, -0.1) is 0 Å². The Morgan fingerprint density at radius 1 is 1.24 bits per heavy atom. The predicted molar refractivity (Wildman–Crippen MR) is 85.2 cm³/mol. The molecular formula is C18H32O3. The summed E-state index contributed by atoms with van der Waals surface area (Å²) in [5.74, 6) is 1.65. The Labute approximate surface area is 129 Å². The molecule has 1 N–H and O–H groups in total. The standard InChI is InChI=1S/C18H32O3/c1-3-11-20-13-16-15(17-9-10-18(16)21-17)8-6-4-5-7-14(2)12-19/h4,6,14-19H,3,5,7-13H2,1-2H3/b6-4-/t14-,15?,16+,17-,18+/m1/s1. The zero-order valence-corrected chi connectivity index (χ0v) is 13.7. The van der Waals surface area contributed by atoms with Crippen LogP contribution in [-0.2, 0) is 9.47 Å². The van der Waals surface area contributed by atoms with Crippen molar-refractivity contribution in [3.63, 3.8) is 0 Å². The van der Waals surface area contributed by atoms with E-state index in [9.17, 15) is 0 Å². The summed E-state index contributed by atoms with van der Waals surface area (Å²) in [4.78, 5) is 0. The van der Waals surface area contributed by atoms with Crippen LogP contribution in [0.5, 0.6) is 0 Å². The lowest BCUT2D eigenvalue weighted by Crippen LogP contribution is -2.30. The van der Waals surface area contributed by atoms with Crippen LogP contribution in [0.25, 0.3) is 0 Å². The maximum atomic E-state index is 9.02. The first-order valence-electron chi connectivity index (χ1n) is 8.75.